The topological polar surface area (TPSA) is 184 Å². The van der Waals surface area contributed by atoms with Crippen molar-refractivity contribution in [2.45, 2.75) is 109 Å². The summed E-state index contributed by atoms with van der Waals surface area (Å²) in [6.45, 7) is 4.10. The maximum Gasteiger partial charge on any atom is 0.472 e. The maximum atomic E-state index is 13.0. The number of phosphoric ester groups is 2. The summed E-state index contributed by atoms with van der Waals surface area (Å²) in [7, 11) is -8.16. The molecule has 0 aromatic heterocycles. The second-order valence-corrected chi connectivity index (χ2v) is 14.1. The molecule has 5 unspecified atom stereocenters. The van der Waals surface area contributed by atoms with Crippen LogP contribution in [0.1, 0.15) is 72.1 Å². The number of ketones is 2. The zero-order chi connectivity index (χ0) is 29.7. The van der Waals surface area contributed by atoms with Crippen molar-refractivity contribution in [1.82, 2.24) is 0 Å². The van der Waals surface area contributed by atoms with Gasteiger partial charge >= 0.3 is 15.6 Å². The van der Waals surface area contributed by atoms with Crippen LogP contribution in [0.25, 0.3) is 0 Å². The summed E-state index contributed by atoms with van der Waals surface area (Å²) in [6.07, 6.45) is -1.26. The van der Waals surface area contributed by atoms with Crippen molar-refractivity contribution in [2.75, 3.05) is 20.3 Å². The molecule has 11 atom stereocenters. The van der Waals surface area contributed by atoms with E-state index in [1.165, 1.54) is 6.92 Å². The summed E-state index contributed by atoms with van der Waals surface area (Å²) < 4.78 is 58.0. The number of phosphoric acid groups is 2. The van der Waals surface area contributed by atoms with Crippen LogP contribution in [-0.4, -0.2) is 83.4 Å². The molecule has 0 aromatic carbocycles. The Morgan fingerprint density at radius 1 is 1.12 bits per heavy atom. The van der Waals surface area contributed by atoms with Crippen LogP contribution in [0.3, 0.4) is 0 Å². The van der Waals surface area contributed by atoms with Gasteiger partial charge in [0.05, 0.1) is 25.4 Å². The lowest BCUT2D eigenvalue weighted by Gasteiger charge is -2.28. The number of aliphatic hydroxyl groups is 1. The molecule has 232 valence electrons. The molecule has 3 N–H and O–H groups in total. The summed E-state index contributed by atoms with van der Waals surface area (Å²) in [6, 6.07) is 0. The van der Waals surface area contributed by atoms with Gasteiger partial charge in [0.25, 0.3) is 0 Å². The van der Waals surface area contributed by atoms with Crippen LogP contribution < -0.4 is 0 Å². The molecule has 13 nitrogen and oxygen atoms in total. The first kappa shape index (κ1) is 33.9. The fraction of sp³-hybridized carbons (Fsp3) is 0.920. The van der Waals surface area contributed by atoms with E-state index in [-0.39, 0.29) is 42.3 Å². The highest BCUT2D eigenvalue weighted by Gasteiger charge is 2.49. The first-order valence-corrected chi connectivity index (χ1v) is 16.9. The molecule has 0 aliphatic carbocycles. The summed E-state index contributed by atoms with van der Waals surface area (Å²) in [4.78, 5) is 45.5. The van der Waals surface area contributed by atoms with E-state index in [1.807, 2.05) is 0 Å². The smallest absolute Gasteiger partial charge is 0.394 e. The standard InChI is InChI=1S/C25H44O13P2/c1-15(27)11-18-9-10-21-17(3)36-23(25(21)37-39(29,30)33-4)14-34-40(31,32)38-24-20(16(2)35-22(24)13-26)8-6-5-7-19(28)12-18/h16-18,20-26H,5-14H2,1-4H3,(H,29,30)(H,31,32)/t16-,17-,18?,20+,21+,22+,23+,24?,25?/m0/s1. The number of ether oxygens (including phenoxy) is 2. The van der Waals surface area contributed by atoms with E-state index in [9.17, 15) is 33.6 Å². The summed E-state index contributed by atoms with van der Waals surface area (Å²) in [5.74, 6) is -0.991. The molecule has 3 rings (SSSR count). The van der Waals surface area contributed by atoms with Crippen LogP contribution in [0.15, 0.2) is 0 Å². The van der Waals surface area contributed by atoms with Crippen LogP contribution in [0.5, 0.6) is 0 Å². The molecule has 0 saturated carbocycles. The predicted octanol–water partition coefficient (Wildman–Crippen LogP) is 3.33. The van der Waals surface area contributed by atoms with E-state index < -0.39 is 65.3 Å². The number of Topliss-reactive ketones (excluding diaryl/α,β-unsaturated/α-hetero) is 2. The van der Waals surface area contributed by atoms with Crippen molar-refractivity contribution in [3.8, 4) is 0 Å². The van der Waals surface area contributed by atoms with Crippen LogP contribution >= 0.6 is 15.6 Å². The van der Waals surface area contributed by atoms with Crippen molar-refractivity contribution in [3.63, 3.8) is 0 Å². The highest BCUT2D eigenvalue weighted by atomic mass is 31.2. The van der Waals surface area contributed by atoms with Gasteiger partial charge in [-0.15, -0.1) is 0 Å². The van der Waals surface area contributed by atoms with Crippen LogP contribution in [-0.2, 0) is 46.3 Å². The average Bonchev–Trinajstić information content (AvgIpc) is 3.32. The molecule has 3 aliphatic heterocycles. The molecule has 3 saturated heterocycles. The number of carbonyl (C=O) groups excluding carboxylic acids is 2. The number of fused-ring (bicyclic) bond motifs is 3. The lowest BCUT2D eigenvalue weighted by atomic mass is 9.84. The zero-order valence-corrected chi connectivity index (χ0v) is 25.4. The van der Waals surface area contributed by atoms with Crippen LogP contribution in [0.4, 0.5) is 0 Å². The van der Waals surface area contributed by atoms with Gasteiger partial charge < -0.3 is 29.2 Å². The Labute approximate surface area is 235 Å². The monoisotopic (exact) mass is 614 g/mol. The first-order valence-electron chi connectivity index (χ1n) is 13.9. The van der Waals surface area contributed by atoms with E-state index >= 15 is 0 Å². The minimum absolute atomic E-state index is 0.0348. The van der Waals surface area contributed by atoms with Gasteiger partial charge in [-0.2, -0.15) is 0 Å². The number of carbonyl (C=O) groups is 2. The Hall–Kier alpha value is -0.560. The summed E-state index contributed by atoms with van der Waals surface area (Å²) in [5.41, 5.74) is 0. The Bertz CT molecular complexity index is 961. The third-order valence-electron chi connectivity index (χ3n) is 8.13. The molecule has 40 heavy (non-hydrogen) atoms. The number of hydrogen-bond acceptors (Lipinski definition) is 11. The minimum Gasteiger partial charge on any atom is -0.394 e. The van der Waals surface area contributed by atoms with Gasteiger partial charge in [0.1, 0.15) is 36.0 Å². The first-order chi connectivity index (χ1) is 18.7. The molecular formula is C25H44O13P2. The number of hydrogen-bond donors (Lipinski definition) is 3. The maximum absolute atomic E-state index is 13.0. The van der Waals surface area contributed by atoms with Gasteiger partial charge in [0.2, 0.25) is 0 Å². The van der Waals surface area contributed by atoms with E-state index in [1.54, 1.807) is 13.8 Å². The minimum atomic E-state index is -4.70. The molecule has 3 fully saturated rings. The van der Waals surface area contributed by atoms with Crippen molar-refractivity contribution in [1.29, 1.82) is 0 Å². The van der Waals surface area contributed by atoms with Crippen LogP contribution in [0, 0.1) is 17.8 Å². The normalized spacial score (nSPS) is 42.0. The fourth-order valence-electron chi connectivity index (χ4n) is 6.15. The lowest BCUT2D eigenvalue weighted by molar-refractivity contribution is -0.121. The molecule has 3 aliphatic rings. The van der Waals surface area contributed by atoms with Gasteiger partial charge in [-0.05, 0) is 52.4 Å². The van der Waals surface area contributed by atoms with Gasteiger partial charge in [0, 0.05) is 38.2 Å². The molecule has 3 heterocycles. The molecule has 0 radical (unpaired) electrons. The van der Waals surface area contributed by atoms with Crippen LogP contribution in [0.2, 0.25) is 0 Å². The predicted molar refractivity (Wildman–Crippen MR) is 141 cm³/mol. The Morgan fingerprint density at radius 2 is 1.82 bits per heavy atom. The summed E-state index contributed by atoms with van der Waals surface area (Å²) in [5, 5.41) is 9.81. The van der Waals surface area contributed by atoms with Crippen molar-refractivity contribution in [3.05, 3.63) is 0 Å². The quantitative estimate of drug-likeness (QED) is 0.371. The second-order valence-electron chi connectivity index (χ2n) is 11.2. The van der Waals surface area contributed by atoms with Crippen molar-refractivity contribution in [2.24, 2.45) is 17.8 Å². The van der Waals surface area contributed by atoms with E-state index in [0.29, 0.717) is 38.5 Å². The second kappa shape index (κ2) is 14.8. The van der Waals surface area contributed by atoms with Gasteiger partial charge in [-0.1, -0.05) is 6.42 Å². The van der Waals surface area contributed by atoms with Crippen molar-refractivity contribution >= 4 is 27.2 Å². The molecular weight excluding hydrogens is 570 g/mol. The largest absolute Gasteiger partial charge is 0.472 e. The van der Waals surface area contributed by atoms with E-state index in [4.69, 9.17) is 23.0 Å². The Kier molecular flexibility index (Phi) is 12.5. The highest BCUT2D eigenvalue weighted by molar-refractivity contribution is 7.47. The molecule has 15 heteroatoms. The molecule has 2 bridgehead atoms. The molecule has 0 aromatic rings. The van der Waals surface area contributed by atoms with Gasteiger partial charge in [-0.25, -0.2) is 9.13 Å². The SMILES string of the molecule is COP(=O)(O)OC1[C@H]2COP(=O)(O)OC3[C@@H](CO)O[C@@H](C)[C@H]3CCCCC(=O)CC(CC(C)=O)CC[C@@H]1[C@H](C)O2. The zero-order valence-electron chi connectivity index (χ0n) is 23.6. The Morgan fingerprint density at radius 3 is 2.48 bits per heavy atom. The fourth-order valence-corrected chi connectivity index (χ4v) is 7.83. The third-order valence-corrected chi connectivity index (χ3v) is 10.1. The summed E-state index contributed by atoms with van der Waals surface area (Å²) >= 11 is 0. The van der Waals surface area contributed by atoms with Crippen molar-refractivity contribution < 1.29 is 61.2 Å². The van der Waals surface area contributed by atoms with E-state index in [0.717, 1.165) is 7.11 Å². The number of aliphatic hydroxyl groups excluding tert-OH is 1. The number of rotatable bonds is 6. The van der Waals surface area contributed by atoms with E-state index in [2.05, 4.69) is 4.52 Å². The third kappa shape index (κ3) is 9.47. The average molecular weight is 615 g/mol. The molecule has 0 amide bonds. The van der Waals surface area contributed by atoms with Gasteiger partial charge in [0.15, 0.2) is 0 Å². The Balaban J connectivity index is 1.88. The lowest BCUT2D eigenvalue weighted by Crippen LogP contribution is -2.34. The van der Waals surface area contributed by atoms with Gasteiger partial charge in [-0.3, -0.25) is 22.9 Å². The molecule has 0 spiro atoms. The highest BCUT2D eigenvalue weighted by Crippen LogP contribution is 2.52.